The number of nitrogens with zero attached hydrogens (tertiary/aromatic N) is 1. The van der Waals surface area contributed by atoms with Crippen molar-refractivity contribution >= 4 is 11.6 Å². The van der Waals surface area contributed by atoms with Crippen molar-refractivity contribution in [2.45, 2.75) is 18.9 Å². The van der Waals surface area contributed by atoms with Crippen LogP contribution in [-0.4, -0.2) is 43.5 Å². The number of rotatable bonds is 5. The zero-order valence-corrected chi connectivity index (χ0v) is 13.2. The fraction of sp³-hybridized carbons (Fsp3) is 0.500. The molecule has 0 spiro atoms. The van der Waals surface area contributed by atoms with E-state index in [1.54, 1.807) is 0 Å². The van der Waals surface area contributed by atoms with Crippen LogP contribution in [0.2, 0.25) is 0 Å². The van der Waals surface area contributed by atoms with Crippen LogP contribution in [0.4, 0.5) is 5.69 Å². The SMILES string of the molecule is C=C[C@H]1CN2CC[C@H]1C[C@@H]2CNC(=O)c1ccccc1NC. The molecule has 3 heterocycles. The molecule has 3 aliphatic rings. The summed E-state index contributed by atoms with van der Waals surface area (Å²) in [5.74, 6) is 1.38. The fourth-order valence-electron chi connectivity index (χ4n) is 3.86. The smallest absolute Gasteiger partial charge is 0.253 e. The predicted molar refractivity (Wildman–Crippen MR) is 90.1 cm³/mol. The molecule has 1 amide bonds. The van der Waals surface area contributed by atoms with Crippen LogP contribution in [0.1, 0.15) is 23.2 Å². The molecular formula is C18H25N3O. The van der Waals surface area contributed by atoms with Gasteiger partial charge in [0, 0.05) is 31.9 Å². The van der Waals surface area contributed by atoms with Crippen LogP contribution in [0.15, 0.2) is 36.9 Å². The van der Waals surface area contributed by atoms with E-state index in [0.717, 1.165) is 31.2 Å². The number of nitrogens with one attached hydrogen (secondary N) is 2. The van der Waals surface area contributed by atoms with Gasteiger partial charge in [0.2, 0.25) is 0 Å². The van der Waals surface area contributed by atoms with E-state index in [0.29, 0.717) is 17.5 Å². The van der Waals surface area contributed by atoms with Crippen molar-refractivity contribution in [3.63, 3.8) is 0 Å². The topological polar surface area (TPSA) is 44.4 Å². The highest BCUT2D eigenvalue weighted by Gasteiger charge is 2.38. The Morgan fingerprint density at radius 3 is 2.95 bits per heavy atom. The lowest BCUT2D eigenvalue weighted by Gasteiger charge is -2.49. The molecule has 1 aromatic rings. The molecule has 3 saturated heterocycles. The van der Waals surface area contributed by atoms with Gasteiger partial charge in [0.25, 0.3) is 5.91 Å². The fourth-order valence-corrected chi connectivity index (χ4v) is 3.86. The maximum Gasteiger partial charge on any atom is 0.253 e. The molecule has 2 bridgehead atoms. The van der Waals surface area contributed by atoms with Crippen LogP contribution < -0.4 is 10.6 Å². The molecule has 2 N–H and O–H groups in total. The minimum Gasteiger partial charge on any atom is -0.387 e. The first-order valence-corrected chi connectivity index (χ1v) is 8.14. The summed E-state index contributed by atoms with van der Waals surface area (Å²) in [6, 6.07) is 8.10. The molecule has 0 radical (unpaired) electrons. The first-order valence-electron chi connectivity index (χ1n) is 8.14. The minimum absolute atomic E-state index is 0.00728. The van der Waals surface area contributed by atoms with Gasteiger partial charge in [-0.05, 0) is 43.4 Å². The lowest BCUT2D eigenvalue weighted by Crippen LogP contribution is -2.56. The van der Waals surface area contributed by atoms with Crippen molar-refractivity contribution in [1.82, 2.24) is 10.2 Å². The Labute approximate surface area is 132 Å². The quantitative estimate of drug-likeness (QED) is 0.820. The number of benzene rings is 1. The number of amides is 1. The van der Waals surface area contributed by atoms with Gasteiger partial charge in [-0.15, -0.1) is 6.58 Å². The second kappa shape index (κ2) is 6.53. The number of hydrogen-bond acceptors (Lipinski definition) is 3. The van der Waals surface area contributed by atoms with Crippen molar-refractivity contribution in [2.75, 3.05) is 32.0 Å². The maximum absolute atomic E-state index is 12.4. The van der Waals surface area contributed by atoms with Crippen LogP contribution >= 0.6 is 0 Å². The zero-order valence-electron chi connectivity index (χ0n) is 13.2. The third kappa shape index (κ3) is 2.88. The van der Waals surface area contributed by atoms with Crippen molar-refractivity contribution in [1.29, 1.82) is 0 Å². The molecule has 4 heteroatoms. The Morgan fingerprint density at radius 1 is 1.45 bits per heavy atom. The second-order valence-electron chi connectivity index (χ2n) is 6.34. The van der Waals surface area contributed by atoms with E-state index in [1.807, 2.05) is 31.3 Å². The normalized spacial score (nSPS) is 29.9. The summed E-state index contributed by atoms with van der Waals surface area (Å²) in [7, 11) is 1.84. The summed E-state index contributed by atoms with van der Waals surface area (Å²) >= 11 is 0. The van der Waals surface area contributed by atoms with E-state index in [9.17, 15) is 4.79 Å². The van der Waals surface area contributed by atoms with Crippen LogP contribution in [-0.2, 0) is 0 Å². The zero-order chi connectivity index (χ0) is 15.5. The molecule has 4 atom stereocenters. The molecule has 0 saturated carbocycles. The predicted octanol–water partition coefficient (Wildman–Crippen LogP) is 2.35. The molecule has 1 aromatic carbocycles. The second-order valence-corrected chi connectivity index (χ2v) is 6.34. The first kappa shape index (κ1) is 15.1. The average molecular weight is 299 g/mol. The van der Waals surface area contributed by atoms with Gasteiger partial charge in [0.15, 0.2) is 0 Å². The monoisotopic (exact) mass is 299 g/mol. The van der Waals surface area contributed by atoms with Crippen molar-refractivity contribution in [3.8, 4) is 0 Å². The van der Waals surface area contributed by atoms with Gasteiger partial charge < -0.3 is 10.6 Å². The van der Waals surface area contributed by atoms with Crippen molar-refractivity contribution in [2.24, 2.45) is 11.8 Å². The highest BCUT2D eigenvalue weighted by Crippen LogP contribution is 2.36. The molecule has 3 fully saturated rings. The van der Waals surface area contributed by atoms with E-state index in [1.165, 1.54) is 12.8 Å². The summed E-state index contributed by atoms with van der Waals surface area (Å²) < 4.78 is 0. The molecule has 0 aliphatic carbocycles. The molecule has 1 unspecified atom stereocenters. The number of carbonyl (C=O) groups is 1. The lowest BCUT2D eigenvalue weighted by molar-refractivity contribution is 0.0196. The van der Waals surface area contributed by atoms with Crippen LogP contribution in [0, 0.1) is 11.8 Å². The summed E-state index contributed by atoms with van der Waals surface area (Å²) in [5, 5.41) is 6.19. The molecule has 0 aromatic heterocycles. The van der Waals surface area contributed by atoms with Crippen LogP contribution in [0.3, 0.4) is 0 Å². The minimum atomic E-state index is 0.00728. The third-order valence-corrected chi connectivity index (χ3v) is 5.17. The van der Waals surface area contributed by atoms with Crippen LogP contribution in [0.25, 0.3) is 0 Å². The van der Waals surface area contributed by atoms with E-state index in [4.69, 9.17) is 0 Å². The Kier molecular flexibility index (Phi) is 4.48. The summed E-state index contributed by atoms with van der Waals surface area (Å²) in [4.78, 5) is 14.9. The number of para-hydroxylation sites is 1. The van der Waals surface area contributed by atoms with Crippen LogP contribution in [0.5, 0.6) is 0 Å². The first-order chi connectivity index (χ1) is 10.7. The van der Waals surface area contributed by atoms with Gasteiger partial charge in [-0.3, -0.25) is 9.69 Å². The Bertz CT molecular complexity index is 557. The number of fused-ring (bicyclic) bond motifs is 3. The van der Waals surface area contributed by atoms with Gasteiger partial charge in [-0.25, -0.2) is 0 Å². The van der Waals surface area contributed by atoms with Gasteiger partial charge in [0.05, 0.1) is 5.56 Å². The number of anilines is 1. The highest BCUT2D eigenvalue weighted by atomic mass is 16.1. The van der Waals surface area contributed by atoms with Gasteiger partial charge in [0.1, 0.15) is 0 Å². The Balaban J connectivity index is 1.59. The van der Waals surface area contributed by atoms with Gasteiger partial charge >= 0.3 is 0 Å². The van der Waals surface area contributed by atoms with Crippen molar-refractivity contribution in [3.05, 3.63) is 42.5 Å². The number of piperidine rings is 3. The number of hydrogen-bond donors (Lipinski definition) is 2. The molecule has 118 valence electrons. The third-order valence-electron chi connectivity index (χ3n) is 5.17. The molecule has 4 nitrogen and oxygen atoms in total. The van der Waals surface area contributed by atoms with E-state index < -0.39 is 0 Å². The summed E-state index contributed by atoms with van der Waals surface area (Å²) in [5.41, 5.74) is 1.59. The largest absolute Gasteiger partial charge is 0.387 e. The molecular weight excluding hydrogens is 274 g/mol. The van der Waals surface area contributed by atoms with E-state index >= 15 is 0 Å². The number of carbonyl (C=O) groups excluding carboxylic acids is 1. The van der Waals surface area contributed by atoms with E-state index in [-0.39, 0.29) is 5.91 Å². The van der Waals surface area contributed by atoms with Crippen molar-refractivity contribution < 1.29 is 4.79 Å². The standard InChI is InChI=1S/C18H25N3O/c1-3-13-12-21-9-8-14(13)10-15(21)11-20-18(22)16-6-4-5-7-17(16)19-2/h3-7,13-15,19H,1,8-12H2,2H3,(H,20,22)/t13-,14-,15+/m0/s1. The Morgan fingerprint density at radius 2 is 2.27 bits per heavy atom. The van der Waals surface area contributed by atoms with Gasteiger partial charge in [-0.1, -0.05) is 18.2 Å². The van der Waals surface area contributed by atoms with Gasteiger partial charge in [-0.2, -0.15) is 0 Å². The maximum atomic E-state index is 12.4. The molecule has 22 heavy (non-hydrogen) atoms. The summed E-state index contributed by atoms with van der Waals surface area (Å²) in [6.45, 7) is 6.95. The molecule has 3 aliphatic heterocycles. The Hall–Kier alpha value is -1.81. The lowest BCUT2D eigenvalue weighted by atomic mass is 9.75. The average Bonchev–Trinajstić information content (AvgIpc) is 2.59. The molecule has 4 rings (SSSR count). The summed E-state index contributed by atoms with van der Waals surface area (Å²) in [6.07, 6.45) is 4.54. The highest BCUT2D eigenvalue weighted by molar-refractivity contribution is 5.99. The van der Waals surface area contributed by atoms with E-state index in [2.05, 4.69) is 28.2 Å².